The van der Waals surface area contributed by atoms with Gasteiger partial charge in [0.1, 0.15) is 0 Å². The number of aliphatic hydroxyl groups is 1. The molecule has 0 spiro atoms. The molecule has 5 N–H and O–H groups in total. The van der Waals surface area contributed by atoms with Crippen molar-refractivity contribution in [2.45, 2.75) is 12.0 Å². The van der Waals surface area contributed by atoms with Crippen LogP contribution in [-0.4, -0.2) is 29.8 Å². The van der Waals surface area contributed by atoms with Crippen LogP contribution < -0.4 is 59.1 Å². The fourth-order valence-corrected chi connectivity index (χ4v) is 1.53. The summed E-state index contributed by atoms with van der Waals surface area (Å²) in [6.07, 6.45) is 0. The van der Waals surface area contributed by atoms with Gasteiger partial charge in [-0.2, -0.15) is 0 Å². The van der Waals surface area contributed by atoms with E-state index in [9.17, 15) is 9.13 Å². The first-order valence-electron chi connectivity index (χ1n) is 2.34. The normalized spacial score (nSPS) is 12.8. The molecule has 0 unspecified atom stereocenters. The zero-order valence-corrected chi connectivity index (χ0v) is 13.2. The maximum atomic E-state index is 10.3. The Balaban J connectivity index is -0.000000500. The zero-order chi connectivity index (χ0) is 9.50. The molecule has 0 heterocycles. The van der Waals surface area contributed by atoms with Gasteiger partial charge in [0.2, 0.25) is 0 Å². The second kappa shape index (κ2) is 6.11. The molecule has 0 saturated heterocycles. The monoisotopic (exact) mass is 252 g/mol. The molecule has 0 radical (unpaired) electrons. The molecule has 0 aliphatic rings. The maximum Gasteiger partial charge on any atom is 1.00 e. The van der Waals surface area contributed by atoms with E-state index < -0.39 is 20.3 Å². The van der Waals surface area contributed by atoms with E-state index in [1.54, 1.807) is 0 Å². The van der Waals surface area contributed by atoms with Crippen LogP contribution in [0.1, 0.15) is 6.92 Å². The first-order chi connectivity index (χ1) is 4.50. The van der Waals surface area contributed by atoms with Gasteiger partial charge in [-0.1, -0.05) is 0 Å². The quantitative estimate of drug-likeness (QED) is 0.243. The molecule has 0 bridgehead atoms. The fraction of sp³-hybridized carbons (Fsp3) is 1.00. The summed E-state index contributed by atoms with van der Waals surface area (Å²) in [6, 6.07) is 0. The molecule has 0 aromatic heterocycles. The van der Waals surface area contributed by atoms with Gasteiger partial charge in [-0.05, 0) is 6.92 Å². The molecular weight excluding hydrogens is 244 g/mol. The predicted molar refractivity (Wildman–Crippen MR) is 34.7 cm³/mol. The van der Waals surface area contributed by atoms with Gasteiger partial charge in [0.25, 0.3) is 5.08 Å². The van der Waals surface area contributed by atoms with Gasteiger partial charge in [-0.15, -0.1) is 0 Å². The Kier molecular flexibility index (Phi) is 9.70. The van der Waals surface area contributed by atoms with Crippen molar-refractivity contribution in [1.29, 1.82) is 0 Å². The summed E-state index contributed by atoms with van der Waals surface area (Å²) in [5, 5.41) is 5.37. The van der Waals surface area contributed by atoms with Crippen LogP contribution in [0.25, 0.3) is 0 Å². The Labute approximate surface area is 119 Å². The number of hydrogen-bond acceptors (Lipinski definition) is 3. The van der Waals surface area contributed by atoms with Crippen molar-refractivity contribution in [3.8, 4) is 0 Å². The summed E-state index contributed by atoms with van der Waals surface area (Å²) in [5.74, 6) is 0. The molecule has 0 amide bonds. The second-order valence-electron chi connectivity index (χ2n) is 2.06. The van der Waals surface area contributed by atoms with Crippen LogP contribution >= 0.6 is 15.2 Å². The summed E-state index contributed by atoms with van der Waals surface area (Å²) < 4.78 is 20.5. The number of hydrogen-bond donors (Lipinski definition) is 5. The summed E-state index contributed by atoms with van der Waals surface area (Å²) in [5.41, 5.74) is 0. The van der Waals surface area contributed by atoms with Crippen LogP contribution in [0, 0.1) is 0 Å². The molecule has 11 heteroatoms. The zero-order valence-electron chi connectivity index (χ0n) is 7.45. The largest absolute Gasteiger partial charge is 1.00 e. The van der Waals surface area contributed by atoms with Crippen molar-refractivity contribution in [2.24, 2.45) is 0 Å². The minimum absolute atomic E-state index is 0. The van der Waals surface area contributed by atoms with Gasteiger partial charge in [-0.3, -0.25) is 9.13 Å². The summed E-state index contributed by atoms with van der Waals surface area (Å²) in [7, 11) is -10.4. The molecule has 13 heavy (non-hydrogen) atoms. The molecule has 0 aromatic carbocycles. The van der Waals surface area contributed by atoms with Crippen LogP contribution in [0.4, 0.5) is 0 Å². The Bertz CT molecular complexity index is 215. The molecule has 0 aromatic rings. The predicted octanol–water partition coefficient (Wildman–Crippen LogP) is -6.98. The average Bonchev–Trinajstić information content (AvgIpc) is 1.58. The second-order valence-corrected chi connectivity index (χ2v) is 6.33. The Hall–Kier alpha value is 2.26. The summed E-state index contributed by atoms with van der Waals surface area (Å²) in [4.78, 5) is 33.0. The van der Waals surface area contributed by atoms with Gasteiger partial charge in [0, 0.05) is 0 Å². The van der Waals surface area contributed by atoms with E-state index in [4.69, 9.17) is 24.7 Å². The molecule has 0 aliphatic carbocycles. The van der Waals surface area contributed by atoms with E-state index in [2.05, 4.69) is 0 Å². The molecule has 0 fully saturated rings. The van der Waals surface area contributed by atoms with Gasteiger partial charge in [-0.25, -0.2) is 0 Å². The van der Waals surface area contributed by atoms with Crippen molar-refractivity contribution < 1.29 is 92.9 Å². The molecule has 0 atom stereocenters. The Morgan fingerprint density at radius 2 is 1.08 bits per heavy atom. The van der Waals surface area contributed by atoms with Crippen LogP contribution in [0.2, 0.25) is 0 Å². The Morgan fingerprint density at radius 1 is 0.923 bits per heavy atom. The third-order valence-electron chi connectivity index (χ3n) is 1.10. The first-order valence-corrected chi connectivity index (χ1v) is 5.56. The molecule has 0 saturated carbocycles. The van der Waals surface area contributed by atoms with E-state index in [0.29, 0.717) is 6.92 Å². The third-order valence-corrected chi connectivity index (χ3v) is 4.87. The van der Waals surface area contributed by atoms with Crippen LogP contribution in [0.5, 0.6) is 0 Å². The molecule has 7 nitrogen and oxygen atoms in total. The summed E-state index contributed by atoms with van der Waals surface area (Å²) in [6.45, 7) is 0.383. The van der Waals surface area contributed by atoms with Crippen LogP contribution in [0.3, 0.4) is 0 Å². The molecular formula is C2H8Na2O7P2+2. The van der Waals surface area contributed by atoms with E-state index in [0.717, 1.165) is 0 Å². The van der Waals surface area contributed by atoms with E-state index in [-0.39, 0.29) is 59.1 Å². The van der Waals surface area contributed by atoms with E-state index in [1.807, 2.05) is 0 Å². The van der Waals surface area contributed by atoms with Gasteiger partial charge >= 0.3 is 74.3 Å². The van der Waals surface area contributed by atoms with Crippen LogP contribution in [-0.2, 0) is 9.13 Å². The van der Waals surface area contributed by atoms with Crippen molar-refractivity contribution >= 4 is 15.2 Å². The number of rotatable bonds is 2. The van der Waals surface area contributed by atoms with E-state index in [1.165, 1.54) is 0 Å². The molecule has 0 rings (SSSR count). The topological polar surface area (TPSA) is 135 Å². The standard InChI is InChI=1S/C2H8O7P2.2Na/c1-2(3,10(4,5)6)11(7,8)9;;/h3H,1H3,(H2,4,5,6)(H2,7,8,9);;/q;2*+1. The fourth-order valence-electron chi connectivity index (χ4n) is 0.170. The minimum Gasteiger partial charge on any atom is -0.368 e. The smallest absolute Gasteiger partial charge is 0.368 e. The van der Waals surface area contributed by atoms with Gasteiger partial charge in [0.05, 0.1) is 0 Å². The maximum absolute atomic E-state index is 10.3. The summed E-state index contributed by atoms with van der Waals surface area (Å²) >= 11 is 0. The third kappa shape index (κ3) is 5.22. The first kappa shape index (κ1) is 20.6. The minimum atomic E-state index is -5.20. The van der Waals surface area contributed by atoms with Crippen molar-refractivity contribution in [1.82, 2.24) is 0 Å². The van der Waals surface area contributed by atoms with E-state index >= 15 is 0 Å². The van der Waals surface area contributed by atoms with Gasteiger partial charge < -0.3 is 24.7 Å². The Morgan fingerprint density at radius 3 is 1.08 bits per heavy atom. The van der Waals surface area contributed by atoms with Crippen molar-refractivity contribution in [3.63, 3.8) is 0 Å². The molecule has 0 aliphatic heterocycles. The average molecular weight is 252 g/mol. The molecule has 68 valence electrons. The van der Waals surface area contributed by atoms with Gasteiger partial charge in [0.15, 0.2) is 0 Å². The van der Waals surface area contributed by atoms with Crippen molar-refractivity contribution in [3.05, 3.63) is 0 Å². The van der Waals surface area contributed by atoms with Crippen molar-refractivity contribution in [2.75, 3.05) is 0 Å². The SMILES string of the molecule is CC(O)(P(=O)(O)O)P(=O)(O)O.[Na+].[Na+]. The van der Waals surface area contributed by atoms with Crippen LogP contribution in [0.15, 0.2) is 0 Å².